The smallest absolute Gasteiger partial charge is 0.238 e. The van der Waals surface area contributed by atoms with E-state index in [4.69, 9.17) is 9.88 Å². The SMILES string of the molecule is COC(C)(C)CC(C)Nc1cc(S(N)(=O)=O)cc(C)c1C. The maximum atomic E-state index is 11.5. The molecule has 1 aromatic carbocycles. The van der Waals surface area contributed by atoms with Gasteiger partial charge in [0.15, 0.2) is 0 Å². The topological polar surface area (TPSA) is 81.4 Å². The van der Waals surface area contributed by atoms with Crippen LogP contribution in [0.5, 0.6) is 0 Å². The molecule has 0 bridgehead atoms. The van der Waals surface area contributed by atoms with Crippen LogP contribution in [0.4, 0.5) is 5.69 Å². The molecule has 0 spiro atoms. The van der Waals surface area contributed by atoms with E-state index < -0.39 is 10.0 Å². The number of methoxy groups -OCH3 is 1. The Balaban J connectivity index is 3.06. The van der Waals surface area contributed by atoms with E-state index in [9.17, 15) is 8.42 Å². The molecule has 21 heavy (non-hydrogen) atoms. The van der Waals surface area contributed by atoms with Gasteiger partial charge in [-0.1, -0.05) is 0 Å². The van der Waals surface area contributed by atoms with Gasteiger partial charge in [-0.25, -0.2) is 13.6 Å². The molecule has 0 aliphatic rings. The Morgan fingerprint density at radius 1 is 1.33 bits per heavy atom. The molecule has 3 N–H and O–H groups in total. The van der Waals surface area contributed by atoms with Crippen LogP contribution in [-0.2, 0) is 14.8 Å². The quantitative estimate of drug-likeness (QED) is 0.845. The third-order valence-corrected chi connectivity index (χ3v) is 4.61. The zero-order chi connectivity index (χ0) is 16.4. The number of ether oxygens (including phenoxy) is 1. The summed E-state index contributed by atoms with van der Waals surface area (Å²) in [7, 11) is -2.02. The van der Waals surface area contributed by atoms with E-state index in [2.05, 4.69) is 5.32 Å². The van der Waals surface area contributed by atoms with Gasteiger partial charge in [-0.2, -0.15) is 0 Å². The molecule has 0 radical (unpaired) electrons. The molecular weight excluding hydrogens is 288 g/mol. The Kier molecular flexibility index (Phi) is 5.41. The lowest BCUT2D eigenvalue weighted by atomic mass is 9.99. The lowest BCUT2D eigenvalue weighted by molar-refractivity contribution is 0.0128. The second-order valence-corrected chi connectivity index (χ2v) is 7.73. The highest BCUT2D eigenvalue weighted by atomic mass is 32.2. The number of rotatable bonds is 6. The third kappa shape index (κ3) is 4.98. The summed E-state index contributed by atoms with van der Waals surface area (Å²) in [5.74, 6) is 0. The lowest BCUT2D eigenvalue weighted by Gasteiger charge is -2.28. The first-order valence-electron chi connectivity index (χ1n) is 6.92. The molecule has 1 unspecified atom stereocenters. The summed E-state index contributed by atoms with van der Waals surface area (Å²) in [6.45, 7) is 9.91. The number of hydrogen-bond acceptors (Lipinski definition) is 4. The van der Waals surface area contributed by atoms with Crippen molar-refractivity contribution in [1.82, 2.24) is 0 Å². The fourth-order valence-corrected chi connectivity index (χ4v) is 2.90. The molecule has 1 rings (SSSR count). The first kappa shape index (κ1) is 17.9. The summed E-state index contributed by atoms with van der Waals surface area (Å²) in [4.78, 5) is 0.131. The van der Waals surface area contributed by atoms with E-state index in [-0.39, 0.29) is 16.5 Å². The van der Waals surface area contributed by atoms with Gasteiger partial charge in [-0.05, 0) is 64.3 Å². The minimum Gasteiger partial charge on any atom is -0.382 e. The lowest BCUT2D eigenvalue weighted by Crippen LogP contribution is -2.31. The number of aryl methyl sites for hydroxylation is 1. The van der Waals surface area contributed by atoms with E-state index in [1.807, 2.05) is 34.6 Å². The molecule has 0 amide bonds. The zero-order valence-corrected chi connectivity index (χ0v) is 14.5. The highest BCUT2D eigenvalue weighted by Crippen LogP contribution is 2.26. The summed E-state index contributed by atoms with van der Waals surface area (Å²) in [5, 5.41) is 8.58. The van der Waals surface area contributed by atoms with Crippen molar-refractivity contribution in [3.8, 4) is 0 Å². The van der Waals surface area contributed by atoms with Crippen LogP contribution >= 0.6 is 0 Å². The molecule has 0 heterocycles. The minimum atomic E-state index is -3.70. The number of anilines is 1. The Bertz CT molecular complexity index is 610. The standard InChI is InChI=1S/C15H26N2O3S/c1-10-7-13(21(16,18)19)8-14(12(10)3)17-11(2)9-15(4,5)20-6/h7-8,11,17H,9H2,1-6H3,(H2,16,18,19). The van der Waals surface area contributed by atoms with Gasteiger partial charge in [-0.15, -0.1) is 0 Å². The monoisotopic (exact) mass is 314 g/mol. The van der Waals surface area contributed by atoms with Crippen LogP contribution in [0.25, 0.3) is 0 Å². The minimum absolute atomic E-state index is 0.131. The summed E-state index contributed by atoms with van der Waals surface area (Å²) in [6, 6.07) is 3.32. The van der Waals surface area contributed by atoms with Gasteiger partial charge in [0.25, 0.3) is 0 Å². The average Bonchev–Trinajstić information content (AvgIpc) is 2.32. The first-order chi connectivity index (χ1) is 9.46. The van der Waals surface area contributed by atoms with Gasteiger partial charge >= 0.3 is 0 Å². The predicted molar refractivity (Wildman–Crippen MR) is 86.1 cm³/mol. The Morgan fingerprint density at radius 3 is 2.38 bits per heavy atom. The first-order valence-corrected chi connectivity index (χ1v) is 8.46. The van der Waals surface area contributed by atoms with Gasteiger partial charge in [-0.3, -0.25) is 0 Å². The summed E-state index contributed by atoms with van der Waals surface area (Å²) < 4.78 is 28.5. The molecule has 5 nitrogen and oxygen atoms in total. The molecule has 120 valence electrons. The Morgan fingerprint density at radius 2 is 1.90 bits per heavy atom. The van der Waals surface area contributed by atoms with Crippen molar-refractivity contribution < 1.29 is 13.2 Å². The van der Waals surface area contributed by atoms with Crippen LogP contribution < -0.4 is 10.5 Å². The Hall–Kier alpha value is -1.11. The number of benzene rings is 1. The average molecular weight is 314 g/mol. The largest absolute Gasteiger partial charge is 0.382 e. The van der Waals surface area contributed by atoms with Crippen LogP contribution in [0, 0.1) is 13.8 Å². The van der Waals surface area contributed by atoms with E-state index >= 15 is 0 Å². The van der Waals surface area contributed by atoms with Gasteiger partial charge in [0.2, 0.25) is 10.0 Å². The number of nitrogens with two attached hydrogens (primary N) is 1. The van der Waals surface area contributed by atoms with Gasteiger partial charge < -0.3 is 10.1 Å². The van der Waals surface area contributed by atoms with Crippen molar-refractivity contribution in [2.24, 2.45) is 5.14 Å². The fourth-order valence-electron chi connectivity index (χ4n) is 2.28. The third-order valence-electron chi connectivity index (χ3n) is 3.72. The fraction of sp³-hybridized carbons (Fsp3) is 0.600. The van der Waals surface area contributed by atoms with Crippen molar-refractivity contribution in [2.75, 3.05) is 12.4 Å². The predicted octanol–water partition coefficient (Wildman–Crippen LogP) is 2.57. The molecule has 1 aromatic rings. The van der Waals surface area contributed by atoms with Crippen LogP contribution in [0.2, 0.25) is 0 Å². The van der Waals surface area contributed by atoms with Crippen molar-refractivity contribution in [3.05, 3.63) is 23.3 Å². The number of hydrogen-bond donors (Lipinski definition) is 2. The molecular formula is C15H26N2O3S. The second-order valence-electron chi connectivity index (χ2n) is 6.17. The van der Waals surface area contributed by atoms with Gasteiger partial charge in [0.1, 0.15) is 0 Å². The van der Waals surface area contributed by atoms with E-state index in [1.165, 1.54) is 0 Å². The van der Waals surface area contributed by atoms with Gasteiger partial charge in [0.05, 0.1) is 10.5 Å². The van der Waals surface area contributed by atoms with Crippen LogP contribution in [0.3, 0.4) is 0 Å². The zero-order valence-electron chi connectivity index (χ0n) is 13.6. The van der Waals surface area contributed by atoms with Crippen LogP contribution in [0.1, 0.15) is 38.3 Å². The number of sulfonamides is 1. The van der Waals surface area contributed by atoms with Gasteiger partial charge in [0, 0.05) is 18.8 Å². The normalized spacial score (nSPS) is 14.0. The Labute approximate surface area is 127 Å². The summed E-state index contributed by atoms with van der Waals surface area (Å²) in [5.41, 5.74) is 2.46. The molecule has 0 saturated carbocycles. The molecule has 6 heteroatoms. The highest BCUT2D eigenvalue weighted by molar-refractivity contribution is 7.89. The second kappa shape index (κ2) is 6.34. The van der Waals surface area contributed by atoms with Crippen molar-refractivity contribution in [3.63, 3.8) is 0 Å². The molecule has 0 aliphatic carbocycles. The van der Waals surface area contributed by atoms with Crippen LogP contribution in [-0.4, -0.2) is 27.2 Å². The molecule has 0 aliphatic heterocycles. The maximum absolute atomic E-state index is 11.5. The van der Waals surface area contributed by atoms with Crippen molar-refractivity contribution >= 4 is 15.7 Å². The summed E-state index contributed by atoms with van der Waals surface area (Å²) in [6.07, 6.45) is 0.793. The molecule has 0 fully saturated rings. The van der Waals surface area contributed by atoms with E-state index in [0.29, 0.717) is 0 Å². The van der Waals surface area contributed by atoms with Crippen molar-refractivity contribution in [2.45, 2.75) is 57.6 Å². The number of nitrogens with one attached hydrogen (secondary N) is 1. The molecule has 1 atom stereocenters. The molecule has 0 saturated heterocycles. The highest BCUT2D eigenvalue weighted by Gasteiger charge is 2.21. The van der Waals surface area contributed by atoms with E-state index in [0.717, 1.165) is 23.2 Å². The van der Waals surface area contributed by atoms with Crippen molar-refractivity contribution in [1.29, 1.82) is 0 Å². The molecule has 0 aromatic heterocycles. The van der Waals surface area contributed by atoms with E-state index in [1.54, 1.807) is 19.2 Å². The maximum Gasteiger partial charge on any atom is 0.238 e. The van der Waals surface area contributed by atoms with Crippen LogP contribution in [0.15, 0.2) is 17.0 Å². The summed E-state index contributed by atoms with van der Waals surface area (Å²) >= 11 is 0. The number of primary sulfonamides is 1.